The van der Waals surface area contributed by atoms with Gasteiger partial charge < -0.3 is 14.4 Å². The number of imidazole rings is 1. The van der Waals surface area contributed by atoms with Gasteiger partial charge in [-0.1, -0.05) is 11.8 Å². The molecule has 0 aliphatic carbocycles. The second kappa shape index (κ2) is 5.89. The summed E-state index contributed by atoms with van der Waals surface area (Å²) in [6.45, 7) is 0.542. The van der Waals surface area contributed by atoms with Crippen molar-refractivity contribution in [3.8, 4) is 17.6 Å². The van der Waals surface area contributed by atoms with Crippen molar-refractivity contribution in [3.63, 3.8) is 0 Å². The third-order valence-corrected chi connectivity index (χ3v) is 2.50. The fourth-order valence-electron chi connectivity index (χ4n) is 1.70. The Morgan fingerprint density at radius 1 is 1.44 bits per heavy atom. The maximum atomic E-state index is 8.69. The second-order valence-corrected chi connectivity index (χ2v) is 3.72. The molecule has 1 aromatic heterocycles. The standard InChI is InChI=1S/C14H14N2O2/c1-18-14-5-4-12(3-2-8-17)9-13(14)10-16-7-6-15-11-16/h4-7,9,11,17H,8,10H2,1H3. The van der Waals surface area contributed by atoms with Crippen LogP contribution in [0.25, 0.3) is 0 Å². The number of methoxy groups -OCH3 is 1. The highest BCUT2D eigenvalue weighted by Crippen LogP contribution is 2.20. The van der Waals surface area contributed by atoms with E-state index < -0.39 is 0 Å². The molecule has 0 fully saturated rings. The van der Waals surface area contributed by atoms with Gasteiger partial charge in [0.15, 0.2) is 0 Å². The quantitative estimate of drug-likeness (QED) is 0.825. The van der Waals surface area contributed by atoms with E-state index >= 15 is 0 Å². The Morgan fingerprint density at radius 2 is 2.33 bits per heavy atom. The van der Waals surface area contributed by atoms with Crippen LogP contribution in [0.3, 0.4) is 0 Å². The molecular weight excluding hydrogens is 228 g/mol. The van der Waals surface area contributed by atoms with Crippen LogP contribution in [-0.4, -0.2) is 28.4 Å². The molecule has 0 aliphatic rings. The molecule has 1 heterocycles. The molecule has 4 heteroatoms. The molecule has 1 N–H and O–H groups in total. The van der Waals surface area contributed by atoms with Crippen molar-refractivity contribution in [1.29, 1.82) is 0 Å². The lowest BCUT2D eigenvalue weighted by Gasteiger charge is -2.09. The van der Waals surface area contributed by atoms with Gasteiger partial charge in [-0.2, -0.15) is 0 Å². The summed E-state index contributed by atoms with van der Waals surface area (Å²) in [5.74, 6) is 6.34. The van der Waals surface area contributed by atoms with Gasteiger partial charge in [0, 0.05) is 23.5 Å². The van der Waals surface area contributed by atoms with E-state index in [1.54, 1.807) is 19.6 Å². The molecule has 92 valence electrons. The molecule has 0 radical (unpaired) electrons. The van der Waals surface area contributed by atoms with Gasteiger partial charge in [-0.25, -0.2) is 4.98 Å². The molecular formula is C14H14N2O2. The monoisotopic (exact) mass is 242 g/mol. The zero-order valence-corrected chi connectivity index (χ0v) is 10.1. The first-order chi connectivity index (χ1) is 8.83. The number of rotatable bonds is 3. The Balaban J connectivity index is 2.30. The predicted molar refractivity (Wildman–Crippen MR) is 68.3 cm³/mol. The molecule has 0 bridgehead atoms. The largest absolute Gasteiger partial charge is 0.496 e. The molecule has 0 unspecified atom stereocenters. The van der Waals surface area contributed by atoms with Crippen LogP contribution < -0.4 is 4.74 Å². The van der Waals surface area contributed by atoms with Gasteiger partial charge in [-0.05, 0) is 18.2 Å². The summed E-state index contributed by atoms with van der Waals surface area (Å²) in [6.07, 6.45) is 5.39. The number of ether oxygens (including phenoxy) is 1. The van der Waals surface area contributed by atoms with Crippen molar-refractivity contribution in [3.05, 3.63) is 48.0 Å². The Kier molecular flexibility index (Phi) is 4.00. The summed E-state index contributed by atoms with van der Waals surface area (Å²) in [5.41, 5.74) is 1.89. The molecule has 2 rings (SSSR count). The number of nitrogens with zero attached hydrogens (tertiary/aromatic N) is 2. The number of benzene rings is 1. The lowest BCUT2D eigenvalue weighted by molar-refractivity contribution is 0.350. The number of aliphatic hydroxyl groups excluding tert-OH is 1. The Bertz CT molecular complexity index is 565. The zero-order valence-electron chi connectivity index (χ0n) is 10.1. The SMILES string of the molecule is COc1ccc(C#CCO)cc1Cn1ccnc1. The maximum absolute atomic E-state index is 8.69. The molecule has 0 spiro atoms. The van der Waals surface area contributed by atoms with Gasteiger partial charge in [-0.3, -0.25) is 0 Å². The molecule has 0 aliphatic heterocycles. The van der Waals surface area contributed by atoms with E-state index in [0.717, 1.165) is 16.9 Å². The van der Waals surface area contributed by atoms with E-state index in [-0.39, 0.29) is 6.61 Å². The minimum Gasteiger partial charge on any atom is -0.496 e. The Morgan fingerprint density at radius 3 is 3.00 bits per heavy atom. The number of hydrogen-bond acceptors (Lipinski definition) is 3. The van der Waals surface area contributed by atoms with Gasteiger partial charge in [-0.15, -0.1) is 0 Å². The number of aliphatic hydroxyl groups is 1. The molecule has 0 saturated carbocycles. The highest BCUT2D eigenvalue weighted by atomic mass is 16.5. The first-order valence-corrected chi connectivity index (χ1v) is 5.56. The summed E-state index contributed by atoms with van der Waals surface area (Å²) in [5, 5.41) is 8.69. The summed E-state index contributed by atoms with van der Waals surface area (Å²) < 4.78 is 7.28. The van der Waals surface area contributed by atoms with Crippen molar-refractivity contribution in [2.45, 2.75) is 6.54 Å². The van der Waals surface area contributed by atoms with Crippen LogP contribution in [0.1, 0.15) is 11.1 Å². The maximum Gasteiger partial charge on any atom is 0.123 e. The van der Waals surface area contributed by atoms with E-state index in [2.05, 4.69) is 16.8 Å². The molecule has 0 amide bonds. The summed E-state index contributed by atoms with van der Waals surface area (Å²) in [6, 6.07) is 5.72. The van der Waals surface area contributed by atoms with Gasteiger partial charge >= 0.3 is 0 Å². The van der Waals surface area contributed by atoms with Crippen LogP contribution in [0, 0.1) is 11.8 Å². The Labute approximate surface area is 106 Å². The van der Waals surface area contributed by atoms with Crippen LogP contribution in [0.5, 0.6) is 5.75 Å². The third-order valence-electron chi connectivity index (χ3n) is 2.50. The Hall–Kier alpha value is -2.25. The summed E-state index contributed by atoms with van der Waals surface area (Å²) in [7, 11) is 1.64. The van der Waals surface area contributed by atoms with E-state index in [9.17, 15) is 0 Å². The van der Waals surface area contributed by atoms with Gasteiger partial charge in [0.25, 0.3) is 0 Å². The van der Waals surface area contributed by atoms with Gasteiger partial charge in [0.05, 0.1) is 20.0 Å². The lowest BCUT2D eigenvalue weighted by atomic mass is 10.1. The minimum atomic E-state index is -0.136. The van der Waals surface area contributed by atoms with Gasteiger partial charge in [0.1, 0.15) is 12.4 Å². The van der Waals surface area contributed by atoms with Crippen LogP contribution in [0.2, 0.25) is 0 Å². The average molecular weight is 242 g/mol. The van der Waals surface area contributed by atoms with Crippen LogP contribution in [0.4, 0.5) is 0 Å². The zero-order chi connectivity index (χ0) is 12.8. The molecule has 1 aromatic carbocycles. The minimum absolute atomic E-state index is 0.136. The van der Waals surface area contributed by atoms with Crippen molar-refractivity contribution in [2.24, 2.45) is 0 Å². The van der Waals surface area contributed by atoms with Gasteiger partial charge in [0.2, 0.25) is 0 Å². The first-order valence-electron chi connectivity index (χ1n) is 5.56. The molecule has 4 nitrogen and oxygen atoms in total. The first kappa shape index (κ1) is 12.2. The molecule has 18 heavy (non-hydrogen) atoms. The highest BCUT2D eigenvalue weighted by molar-refractivity contribution is 5.44. The van der Waals surface area contributed by atoms with Crippen LogP contribution in [-0.2, 0) is 6.54 Å². The summed E-state index contributed by atoms with van der Waals surface area (Å²) in [4.78, 5) is 4.01. The third kappa shape index (κ3) is 2.90. The van der Waals surface area contributed by atoms with Crippen LogP contribution >= 0.6 is 0 Å². The van der Waals surface area contributed by atoms with E-state index in [1.165, 1.54) is 0 Å². The fraction of sp³-hybridized carbons (Fsp3) is 0.214. The van der Waals surface area contributed by atoms with E-state index in [4.69, 9.17) is 9.84 Å². The van der Waals surface area contributed by atoms with Crippen LogP contribution in [0.15, 0.2) is 36.9 Å². The van der Waals surface area contributed by atoms with Crippen molar-refractivity contribution in [2.75, 3.05) is 13.7 Å². The molecule has 2 aromatic rings. The number of hydrogen-bond donors (Lipinski definition) is 1. The number of aromatic nitrogens is 2. The second-order valence-electron chi connectivity index (χ2n) is 3.72. The van der Waals surface area contributed by atoms with E-state index in [0.29, 0.717) is 6.54 Å². The summed E-state index contributed by atoms with van der Waals surface area (Å²) >= 11 is 0. The molecule has 0 saturated heterocycles. The normalized spacial score (nSPS) is 9.67. The lowest BCUT2D eigenvalue weighted by Crippen LogP contribution is -2.00. The fourth-order valence-corrected chi connectivity index (χ4v) is 1.70. The van der Waals surface area contributed by atoms with Crippen molar-refractivity contribution < 1.29 is 9.84 Å². The highest BCUT2D eigenvalue weighted by Gasteiger charge is 2.04. The molecule has 0 atom stereocenters. The predicted octanol–water partition coefficient (Wildman–Crippen LogP) is 1.28. The average Bonchev–Trinajstić information content (AvgIpc) is 2.89. The van der Waals surface area contributed by atoms with Crippen molar-refractivity contribution >= 4 is 0 Å². The smallest absolute Gasteiger partial charge is 0.123 e. The van der Waals surface area contributed by atoms with Crippen molar-refractivity contribution in [1.82, 2.24) is 9.55 Å². The topological polar surface area (TPSA) is 47.3 Å². The van der Waals surface area contributed by atoms with E-state index in [1.807, 2.05) is 29.0 Å².